The molecule has 3 heterocycles. The van der Waals surface area contributed by atoms with Crippen molar-refractivity contribution in [2.24, 2.45) is 0 Å². The topological polar surface area (TPSA) is 72.0 Å². The zero-order valence-electron chi connectivity index (χ0n) is 13.5. The summed E-state index contributed by atoms with van der Waals surface area (Å²) >= 11 is 0. The highest BCUT2D eigenvalue weighted by Gasteiger charge is 2.28. The molecule has 1 aliphatic rings. The van der Waals surface area contributed by atoms with Crippen LogP contribution in [0, 0.1) is 0 Å². The van der Waals surface area contributed by atoms with Crippen LogP contribution >= 0.6 is 0 Å². The maximum Gasteiger partial charge on any atom is 0.256 e. The third-order valence-electron chi connectivity index (χ3n) is 4.41. The largest absolute Gasteiger partial charge is 0.336 e. The zero-order valence-corrected chi connectivity index (χ0v) is 13.5. The summed E-state index contributed by atoms with van der Waals surface area (Å²) in [5.74, 6) is 1.27. The highest BCUT2D eigenvalue weighted by molar-refractivity contribution is 5.24. The van der Waals surface area contributed by atoms with Crippen LogP contribution in [0.3, 0.4) is 0 Å². The fourth-order valence-electron chi connectivity index (χ4n) is 3.07. The lowest BCUT2D eigenvalue weighted by molar-refractivity contribution is 0.190. The quantitative estimate of drug-likeness (QED) is 0.784. The van der Waals surface area contributed by atoms with Gasteiger partial charge in [0.15, 0.2) is 11.9 Å². The summed E-state index contributed by atoms with van der Waals surface area (Å²) in [5, 5.41) is 12.0. The van der Waals surface area contributed by atoms with Crippen molar-refractivity contribution in [2.75, 3.05) is 26.7 Å². The Kier molecular flexibility index (Phi) is 4.10. The Bertz CT molecular complexity index is 770. The van der Waals surface area contributed by atoms with Crippen LogP contribution in [-0.4, -0.2) is 51.5 Å². The minimum atomic E-state index is -0.218. The summed E-state index contributed by atoms with van der Waals surface area (Å²) in [4.78, 5) is 6.94. The number of nitrogens with one attached hydrogen (secondary N) is 1. The monoisotopic (exact) mass is 324 g/mol. The molecule has 0 aliphatic carbocycles. The fourth-order valence-corrected chi connectivity index (χ4v) is 3.07. The molecule has 4 rings (SSSR count). The van der Waals surface area contributed by atoms with Gasteiger partial charge in [0, 0.05) is 32.0 Å². The van der Waals surface area contributed by atoms with Gasteiger partial charge >= 0.3 is 0 Å². The second kappa shape index (κ2) is 6.54. The Balaban J connectivity index is 1.69. The van der Waals surface area contributed by atoms with Gasteiger partial charge in [0.2, 0.25) is 0 Å². The molecule has 3 aromatic rings. The van der Waals surface area contributed by atoms with Crippen molar-refractivity contribution in [1.82, 2.24) is 30.1 Å². The summed E-state index contributed by atoms with van der Waals surface area (Å²) in [6.07, 6.45) is 3.67. The van der Waals surface area contributed by atoms with Crippen LogP contribution < -0.4 is 5.32 Å². The van der Waals surface area contributed by atoms with Crippen molar-refractivity contribution >= 4 is 0 Å². The molecule has 0 saturated carbocycles. The van der Waals surface area contributed by atoms with E-state index in [-0.39, 0.29) is 12.1 Å². The van der Waals surface area contributed by atoms with E-state index in [1.807, 2.05) is 47.3 Å². The van der Waals surface area contributed by atoms with Crippen LogP contribution in [0.2, 0.25) is 0 Å². The van der Waals surface area contributed by atoms with Gasteiger partial charge in [0.1, 0.15) is 0 Å². The smallest absolute Gasteiger partial charge is 0.256 e. The van der Waals surface area contributed by atoms with Crippen LogP contribution in [0.1, 0.15) is 29.4 Å². The third kappa shape index (κ3) is 2.83. The van der Waals surface area contributed by atoms with Gasteiger partial charge in [-0.1, -0.05) is 35.5 Å². The number of aromatic nitrogens is 4. The average Bonchev–Trinajstić information content (AvgIpc) is 3.29. The first-order valence-electron chi connectivity index (χ1n) is 8.11. The van der Waals surface area contributed by atoms with Gasteiger partial charge in [0.05, 0.1) is 6.04 Å². The standard InChI is InChI=1S/C17H20N6O/c1-22-11-9-18-12-14(22)16-20-17(24-21-16)15(23-10-5-8-19-23)13-6-3-2-4-7-13/h2-8,10,14-15,18H,9,11-12H2,1H3. The van der Waals surface area contributed by atoms with Crippen molar-refractivity contribution in [3.63, 3.8) is 0 Å². The van der Waals surface area contributed by atoms with Crippen LogP contribution in [0.5, 0.6) is 0 Å². The molecule has 1 N–H and O–H groups in total. The predicted molar refractivity (Wildman–Crippen MR) is 88.4 cm³/mol. The Labute approximate surface area is 140 Å². The molecule has 7 heteroatoms. The molecule has 0 radical (unpaired) electrons. The molecule has 7 nitrogen and oxygen atoms in total. The maximum absolute atomic E-state index is 5.63. The number of rotatable bonds is 4. The molecule has 2 aromatic heterocycles. The number of hydrogen-bond acceptors (Lipinski definition) is 6. The molecule has 2 atom stereocenters. The van der Waals surface area contributed by atoms with E-state index in [1.54, 1.807) is 6.20 Å². The third-order valence-corrected chi connectivity index (χ3v) is 4.41. The molecular weight excluding hydrogens is 304 g/mol. The number of nitrogens with zero attached hydrogens (tertiary/aromatic N) is 5. The van der Waals surface area contributed by atoms with Crippen molar-refractivity contribution < 1.29 is 4.52 Å². The first-order chi connectivity index (χ1) is 11.8. The second-order valence-corrected chi connectivity index (χ2v) is 5.99. The molecular formula is C17H20N6O. The minimum absolute atomic E-state index is 0.130. The first-order valence-corrected chi connectivity index (χ1v) is 8.11. The van der Waals surface area contributed by atoms with Crippen LogP contribution in [0.4, 0.5) is 0 Å². The Morgan fingerprint density at radius 1 is 1.25 bits per heavy atom. The van der Waals surface area contributed by atoms with Gasteiger partial charge in [-0.2, -0.15) is 10.1 Å². The average molecular weight is 324 g/mol. The first kappa shape index (κ1) is 15.0. The molecule has 1 fully saturated rings. The number of benzene rings is 1. The molecule has 0 bridgehead atoms. The lowest BCUT2D eigenvalue weighted by atomic mass is 10.1. The highest BCUT2D eigenvalue weighted by Crippen LogP contribution is 2.26. The van der Waals surface area contributed by atoms with Gasteiger partial charge in [-0.15, -0.1) is 0 Å². The van der Waals surface area contributed by atoms with E-state index in [4.69, 9.17) is 9.51 Å². The summed E-state index contributed by atoms with van der Waals surface area (Å²) < 4.78 is 7.47. The fraction of sp³-hybridized carbons (Fsp3) is 0.353. The van der Waals surface area contributed by atoms with E-state index >= 15 is 0 Å². The maximum atomic E-state index is 5.63. The van der Waals surface area contributed by atoms with Gasteiger partial charge < -0.3 is 9.84 Å². The molecule has 1 saturated heterocycles. The molecule has 2 unspecified atom stereocenters. The Hall–Kier alpha value is -2.51. The summed E-state index contributed by atoms with van der Waals surface area (Å²) in [5.41, 5.74) is 1.06. The van der Waals surface area contributed by atoms with Gasteiger partial charge in [-0.05, 0) is 18.7 Å². The lowest BCUT2D eigenvalue weighted by Crippen LogP contribution is -2.44. The SMILES string of the molecule is CN1CCNCC1c1noc(C(c2ccccc2)n2cccn2)n1. The van der Waals surface area contributed by atoms with E-state index in [9.17, 15) is 0 Å². The molecule has 124 valence electrons. The molecule has 24 heavy (non-hydrogen) atoms. The molecule has 1 aromatic carbocycles. The van der Waals surface area contributed by atoms with E-state index in [0.717, 1.165) is 25.2 Å². The van der Waals surface area contributed by atoms with Crippen LogP contribution in [-0.2, 0) is 0 Å². The Morgan fingerprint density at radius 3 is 2.88 bits per heavy atom. The second-order valence-electron chi connectivity index (χ2n) is 5.99. The van der Waals surface area contributed by atoms with Gasteiger partial charge in [-0.25, -0.2) is 0 Å². The van der Waals surface area contributed by atoms with E-state index in [0.29, 0.717) is 11.7 Å². The van der Waals surface area contributed by atoms with Gasteiger partial charge in [0.25, 0.3) is 5.89 Å². The van der Waals surface area contributed by atoms with E-state index < -0.39 is 0 Å². The molecule has 1 aliphatic heterocycles. The number of piperazine rings is 1. The lowest BCUT2D eigenvalue weighted by Gasteiger charge is -2.30. The van der Waals surface area contributed by atoms with E-state index in [1.165, 1.54) is 0 Å². The normalized spacial score (nSPS) is 20.1. The molecule has 0 spiro atoms. The van der Waals surface area contributed by atoms with E-state index in [2.05, 4.69) is 27.5 Å². The van der Waals surface area contributed by atoms with Crippen molar-refractivity contribution in [2.45, 2.75) is 12.1 Å². The van der Waals surface area contributed by atoms with Crippen molar-refractivity contribution in [3.8, 4) is 0 Å². The van der Waals surface area contributed by atoms with Gasteiger partial charge in [-0.3, -0.25) is 9.58 Å². The molecule has 0 amide bonds. The van der Waals surface area contributed by atoms with Crippen LogP contribution in [0.25, 0.3) is 0 Å². The summed E-state index contributed by atoms with van der Waals surface area (Å²) in [7, 11) is 2.09. The summed E-state index contributed by atoms with van der Waals surface area (Å²) in [6, 6.07) is 11.9. The summed E-state index contributed by atoms with van der Waals surface area (Å²) in [6.45, 7) is 2.78. The predicted octanol–water partition coefficient (Wildman–Crippen LogP) is 1.48. The zero-order chi connectivity index (χ0) is 16.4. The number of hydrogen-bond donors (Lipinski definition) is 1. The van der Waals surface area contributed by atoms with Crippen LogP contribution in [0.15, 0.2) is 53.3 Å². The highest BCUT2D eigenvalue weighted by atomic mass is 16.5. The van der Waals surface area contributed by atoms with Crippen molar-refractivity contribution in [3.05, 3.63) is 66.1 Å². The Morgan fingerprint density at radius 2 is 2.12 bits per heavy atom. The minimum Gasteiger partial charge on any atom is -0.336 e. The van der Waals surface area contributed by atoms with Crippen molar-refractivity contribution in [1.29, 1.82) is 0 Å². The number of likely N-dealkylation sites (N-methyl/N-ethyl adjacent to an activating group) is 1.